The van der Waals surface area contributed by atoms with E-state index in [9.17, 15) is 4.79 Å². The molecular weight excluding hydrogens is 344 g/mol. The van der Waals surface area contributed by atoms with Crippen molar-refractivity contribution in [2.75, 3.05) is 6.61 Å². The van der Waals surface area contributed by atoms with E-state index in [2.05, 4.69) is 79.8 Å². The van der Waals surface area contributed by atoms with Gasteiger partial charge in [-0.1, -0.05) is 86.8 Å². The molecular formula is C26H40O2. The molecule has 0 N–H and O–H groups in total. The lowest BCUT2D eigenvalue weighted by Gasteiger charge is -2.10. The molecule has 0 aromatic rings. The molecule has 0 aliphatic carbocycles. The summed E-state index contributed by atoms with van der Waals surface area (Å²) in [6.07, 6.45) is 33.8. The maximum Gasteiger partial charge on any atom is 0.309 e. The minimum atomic E-state index is -0.0791. The number of rotatable bonds is 16. The lowest BCUT2D eigenvalue weighted by Crippen LogP contribution is -2.16. The molecule has 1 atom stereocenters. The first-order valence-electron chi connectivity index (χ1n) is 10.8. The molecule has 2 heteroatoms. The maximum absolute atomic E-state index is 11.7. The topological polar surface area (TPSA) is 26.3 Å². The smallest absolute Gasteiger partial charge is 0.309 e. The molecule has 0 saturated heterocycles. The van der Waals surface area contributed by atoms with Gasteiger partial charge in [-0.3, -0.25) is 4.79 Å². The average Bonchev–Trinajstić information content (AvgIpc) is 2.70. The molecule has 28 heavy (non-hydrogen) atoms. The quantitative estimate of drug-likeness (QED) is 0.202. The zero-order chi connectivity index (χ0) is 20.7. The predicted molar refractivity (Wildman–Crippen MR) is 123 cm³/mol. The first-order valence-corrected chi connectivity index (χ1v) is 10.8. The number of hydrogen-bond donors (Lipinski definition) is 0. The van der Waals surface area contributed by atoms with Crippen LogP contribution in [0, 0.1) is 5.92 Å². The summed E-state index contributed by atoms with van der Waals surface area (Å²) in [6, 6.07) is 0. The van der Waals surface area contributed by atoms with Crippen LogP contribution >= 0.6 is 0 Å². The number of carbonyl (C=O) groups excluding carboxylic acids is 1. The first kappa shape index (κ1) is 25.9. The zero-order valence-corrected chi connectivity index (χ0v) is 18.2. The second kappa shape index (κ2) is 21.2. The summed E-state index contributed by atoms with van der Waals surface area (Å²) in [5.41, 5.74) is 0. The van der Waals surface area contributed by atoms with E-state index < -0.39 is 0 Å². The average molecular weight is 385 g/mol. The Bertz CT molecular complexity index is 533. The molecule has 0 spiro atoms. The van der Waals surface area contributed by atoms with Crippen molar-refractivity contribution in [3.63, 3.8) is 0 Å². The van der Waals surface area contributed by atoms with E-state index in [1.165, 1.54) is 0 Å². The first-order chi connectivity index (χ1) is 13.8. The van der Waals surface area contributed by atoms with Crippen LogP contribution in [0.5, 0.6) is 0 Å². The molecule has 1 unspecified atom stereocenters. The molecule has 0 radical (unpaired) electrons. The highest BCUT2D eigenvalue weighted by molar-refractivity contribution is 5.72. The largest absolute Gasteiger partial charge is 0.466 e. The number of ether oxygens (including phenoxy) is 1. The highest BCUT2D eigenvalue weighted by atomic mass is 16.5. The minimum Gasteiger partial charge on any atom is -0.466 e. The van der Waals surface area contributed by atoms with Crippen molar-refractivity contribution in [2.24, 2.45) is 5.92 Å². The maximum atomic E-state index is 11.7. The third-order valence-corrected chi connectivity index (χ3v) is 4.13. The molecule has 156 valence electrons. The van der Waals surface area contributed by atoms with Crippen LogP contribution in [0.15, 0.2) is 72.9 Å². The van der Waals surface area contributed by atoms with Gasteiger partial charge in [0.2, 0.25) is 0 Å². The lowest BCUT2D eigenvalue weighted by molar-refractivity contribution is -0.148. The van der Waals surface area contributed by atoms with Crippen LogP contribution in [-0.2, 0) is 9.53 Å². The highest BCUT2D eigenvalue weighted by Gasteiger charge is 2.15. The van der Waals surface area contributed by atoms with Crippen molar-refractivity contribution < 1.29 is 9.53 Å². The Morgan fingerprint density at radius 1 is 0.643 bits per heavy atom. The summed E-state index contributed by atoms with van der Waals surface area (Å²) in [5.74, 6) is -0.0888. The van der Waals surface area contributed by atoms with Gasteiger partial charge in [-0.25, -0.2) is 0 Å². The van der Waals surface area contributed by atoms with Crippen LogP contribution in [0.4, 0.5) is 0 Å². The molecule has 0 amide bonds. The number of carbonyl (C=O) groups is 1. The summed E-state index contributed by atoms with van der Waals surface area (Å²) in [6.45, 7) is 6.49. The van der Waals surface area contributed by atoms with Crippen LogP contribution < -0.4 is 0 Å². The van der Waals surface area contributed by atoms with Crippen molar-refractivity contribution >= 4 is 5.97 Å². The number of allylic oxidation sites excluding steroid dienone is 12. The van der Waals surface area contributed by atoms with Crippen molar-refractivity contribution in [3.05, 3.63) is 72.9 Å². The Morgan fingerprint density at radius 2 is 1.04 bits per heavy atom. The van der Waals surface area contributed by atoms with Gasteiger partial charge in [-0.2, -0.15) is 0 Å². The molecule has 0 aromatic heterocycles. The van der Waals surface area contributed by atoms with Gasteiger partial charge < -0.3 is 4.74 Å². The van der Waals surface area contributed by atoms with Crippen LogP contribution in [-0.4, -0.2) is 12.6 Å². The number of hydrogen-bond acceptors (Lipinski definition) is 2. The minimum absolute atomic E-state index is 0.00967. The number of esters is 1. The highest BCUT2D eigenvalue weighted by Crippen LogP contribution is 2.11. The van der Waals surface area contributed by atoms with Crippen molar-refractivity contribution in [1.29, 1.82) is 0 Å². The SMILES string of the molecule is CC/C=C\C/C=C\C/C=C\C/C=C\C/C=C\C/C=C\CC(CC)C(=O)OCC. The van der Waals surface area contributed by atoms with Gasteiger partial charge in [-0.15, -0.1) is 0 Å². The Hall–Kier alpha value is -2.09. The van der Waals surface area contributed by atoms with Gasteiger partial charge in [0, 0.05) is 0 Å². The van der Waals surface area contributed by atoms with Gasteiger partial charge in [0.1, 0.15) is 0 Å². The summed E-state index contributed by atoms with van der Waals surface area (Å²) >= 11 is 0. The molecule has 0 aromatic carbocycles. The Kier molecular flexibility index (Phi) is 19.6. The molecule has 0 saturated carbocycles. The van der Waals surface area contributed by atoms with Crippen molar-refractivity contribution in [2.45, 2.75) is 72.1 Å². The fourth-order valence-corrected chi connectivity index (χ4v) is 2.47. The summed E-state index contributed by atoms with van der Waals surface area (Å²) in [5, 5.41) is 0. The van der Waals surface area contributed by atoms with E-state index in [0.29, 0.717) is 6.61 Å². The van der Waals surface area contributed by atoms with Gasteiger partial charge in [-0.05, 0) is 58.3 Å². The van der Waals surface area contributed by atoms with E-state index in [-0.39, 0.29) is 11.9 Å². The van der Waals surface area contributed by atoms with Crippen molar-refractivity contribution in [3.8, 4) is 0 Å². The molecule has 0 bridgehead atoms. The molecule has 0 aliphatic heterocycles. The Labute approximate surface area is 173 Å². The molecule has 0 aliphatic rings. The summed E-state index contributed by atoms with van der Waals surface area (Å²) in [4.78, 5) is 11.7. The van der Waals surface area contributed by atoms with Gasteiger partial charge in [0.15, 0.2) is 0 Å². The van der Waals surface area contributed by atoms with Crippen LogP contribution in [0.1, 0.15) is 72.1 Å². The zero-order valence-electron chi connectivity index (χ0n) is 18.2. The molecule has 2 nitrogen and oxygen atoms in total. The summed E-state index contributed by atoms with van der Waals surface area (Å²) < 4.78 is 5.08. The van der Waals surface area contributed by atoms with Crippen LogP contribution in [0.3, 0.4) is 0 Å². The van der Waals surface area contributed by atoms with Gasteiger partial charge in [0.05, 0.1) is 12.5 Å². The summed E-state index contributed by atoms with van der Waals surface area (Å²) in [7, 11) is 0. The third kappa shape index (κ3) is 17.3. The molecule has 0 rings (SSSR count). The lowest BCUT2D eigenvalue weighted by atomic mass is 10.0. The van der Waals surface area contributed by atoms with E-state index in [4.69, 9.17) is 4.74 Å². The van der Waals surface area contributed by atoms with E-state index >= 15 is 0 Å². The van der Waals surface area contributed by atoms with E-state index in [0.717, 1.165) is 51.4 Å². The van der Waals surface area contributed by atoms with Crippen LogP contribution in [0.2, 0.25) is 0 Å². The van der Waals surface area contributed by atoms with Gasteiger partial charge in [0.25, 0.3) is 0 Å². The van der Waals surface area contributed by atoms with Crippen molar-refractivity contribution in [1.82, 2.24) is 0 Å². The van der Waals surface area contributed by atoms with Gasteiger partial charge >= 0.3 is 5.97 Å². The normalized spacial score (nSPS) is 14.0. The Morgan fingerprint density at radius 3 is 1.39 bits per heavy atom. The second-order valence-corrected chi connectivity index (χ2v) is 6.51. The molecule has 0 fully saturated rings. The Balaban J connectivity index is 3.74. The third-order valence-electron chi connectivity index (χ3n) is 4.13. The van der Waals surface area contributed by atoms with Crippen LogP contribution in [0.25, 0.3) is 0 Å². The standard InChI is InChI=1S/C26H40O2/c1-4-7-8-9-10-11-12-13-14-15-16-17-18-19-20-21-22-23-24-25(5-2)26(27)28-6-3/h7-8,10-11,13-14,16-17,19-20,22-23,25H,4-6,9,12,15,18,21,24H2,1-3H3/b8-7-,11-10-,14-13-,17-16-,20-19-,23-22-. The fraction of sp³-hybridized carbons (Fsp3) is 0.500. The fourth-order valence-electron chi connectivity index (χ4n) is 2.47. The van der Waals surface area contributed by atoms with E-state index in [1.807, 2.05) is 13.8 Å². The monoisotopic (exact) mass is 384 g/mol. The molecule has 0 heterocycles. The second-order valence-electron chi connectivity index (χ2n) is 6.51. The predicted octanol–water partition coefficient (Wildman–Crippen LogP) is 7.66. The van der Waals surface area contributed by atoms with E-state index in [1.54, 1.807) is 0 Å².